The zero-order valence-electron chi connectivity index (χ0n) is 14.1. The number of halogens is 2. The van der Waals surface area contributed by atoms with E-state index in [1.54, 1.807) is 26.2 Å². The predicted molar refractivity (Wildman–Crippen MR) is 93.2 cm³/mol. The molecule has 2 rings (SSSR count). The first-order valence-electron chi connectivity index (χ1n) is 7.73. The topological polar surface area (TPSA) is 65.5 Å². The molecule has 0 heterocycles. The Morgan fingerprint density at radius 1 is 1.04 bits per heavy atom. The Bertz CT molecular complexity index is 760. The van der Waals surface area contributed by atoms with E-state index in [0.717, 1.165) is 23.8 Å². The zero-order valence-corrected chi connectivity index (χ0v) is 14.1. The molecule has 25 heavy (non-hydrogen) atoms. The van der Waals surface area contributed by atoms with Crippen LogP contribution in [0.2, 0.25) is 0 Å². The number of hydrogen-bond donors (Lipinski definition) is 3. The molecule has 7 heteroatoms. The van der Waals surface area contributed by atoms with Crippen molar-refractivity contribution in [3.63, 3.8) is 0 Å². The van der Waals surface area contributed by atoms with Gasteiger partial charge in [0.25, 0.3) is 5.91 Å². The molecule has 0 radical (unpaired) electrons. The summed E-state index contributed by atoms with van der Waals surface area (Å²) < 4.78 is 26.8. The van der Waals surface area contributed by atoms with E-state index < -0.39 is 11.6 Å². The van der Waals surface area contributed by atoms with Gasteiger partial charge >= 0.3 is 0 Å². The van der Waals surface area contributed by atoms with Crippen LogP contribution in [0.5, 0.6) is 0 Å². The average Bonchev–Trinajstić information content (AvgIpc) is 2.64. The Morgan fingerprint density at radius 2 is 1.72 bits per heavy atom. The lowest BCUT2D eigenvalue weighted by atomic mass is 10.1. The molecule has 0 aliphatic carbocycles. The number of aliphatic imine (C=N–C) groups is 1. The molecule has 0 aromatic heterocycles. The summed E-state index contributed by atoms with van der Waals surface area (Å²) >= 11 is 0. The van der Waals surface area contributed by atoms with E-state index in [-0.39, 0.29) is 18.0 Å². The zero-order chi connectivity index (χ0) is 18.2. The number of nitrogens with one attached hydrogen (secondary N) is 3. The molecule has 0 bridgehead atoms. The number of benzene rings is 2. The summed E-state index contributed by atoms with van der Waals surface area (Å²) in [5.74, 6) is -0.653. The molecule has 0 aliphatic rings. The van der Waals surface area contributed by atoms with Crippen LogP contribution < -0.4 is 16.0 Å². The van der Waals surface area contributed by atoms with Crippen LogP contribution in [-0.2, 0) is 13.1 Å². The highest BCUT2D eigenvalue weighted by Crippen LogP contribution is 2.09. The van der Waals surface area contributed by atoms with Crippen molar-refractivity contribution >= 4 is 11.9 Å². The summed E-state index contributed by atoms with van der Waals surface area (Å²) in [7, 11) is 3.17. The van der Waals surface area contributed by atoms with Crippen molar-refractivity contribution in [2.24, 2.45) is 4.99 Å². The van der Waals surface area contributed by atoms with Gasteiger partial charge in [-0.15, -0.1) is 0 Å². The van der Waals surface area contributed by atoms with Gasteiger partial charge in [0.1, 0.15) is 11.6 Å². The fourth-order valence-corrected chi connectivity index (χ4v) is 2.18. The molecule has 0 saturated carbocycles. The van der Waals surface area contributed by atoms with Crippen LogP contribution in [-0.4, -0.2) is 26.0 Å². The van der Waals surface area contributed by atoms with Crippen LogP contribution in [0.1, 0.15) is 21.5 Å². The number of amides is 1. The third-order valence-corrected chi connectivity index (χ3v) is 3.58. The van der Waals surface area contributed by atoms with Crippen molar-refractivity contribution in [2.75, 3.05) is 14.1 Å². The number of rotatable bonds is 5. The first-order valence-corrected chi connectivity index (χ1v) is 7.73. The van der Waals surface area contributed by atoms with E-state index in [2.05, 4.69) is 20.9 Å². The van der Waals surface area contributed by atoms with E-state index in [1.807, 2.05) is 12.1 Å². The Labute approximate surface area is 145 Å². The molecule has 132 valence electrons. The van der Waals surface area contributed by atoms with Gasteiger partial charge in [-0.1, -0.05) is 12.1 Å². The summed E-state index contributed by atoms with van der Waals surface area (Å²) in [6.07, 6.45) is 0. The second kappa shape index (κ2) is 8.77. The largest absolute Gasteiger partial charge is 0.355 e. The summed E-state index contributed by atoms with van der Waals surface area (Å²) in [4.78, 5) is 15.5. The van der Waals surface area contributed by atoms with Crippen LogP contribution in [0.3, 0.4) is 0 Å². The van der Waals surface area contributed by atoms with E-state index >= 15 is 0 Å². The minimum atomic E-state index is -0.489. The number of nitrogens with zero attached hydrogens (tertiary/aromatic N) is 1. The highest BCUT2D eigenvalue weighted by molar-refractivity contribution is 5.93. The molecule has 0 aliphatic heterocycles. The third kappa shape index (κ3) is 5.27. The molecule has 0 saturated heterocycles. The second-order valence-electron chi connectivity index (χ2n) is 5.29. The smallest absolute Gasteiger partial charge is 0.251 e. The maximum atomic E-state index is 13.6. The second-order valence-corrected chi connectivity index (χ2v) is 5.29. The van der Waals surface area contributed by atoms with Gasteiger partial charge in [-0.05, 0) is 35.9 Å². The van der Waals surface area contributed by atoms with Crippen molar-refractivity contribution in [1.29, 1.82) is 0 Å². The van der Waals surface area contributed by atoms with Gasteiger partial charge in [0.2, 0.25) is 0 Å². The Balaban J connectivity index is 1.90. The van der Waals surface area contributed by atoms with Gasteiger partial charge in [0.05, 0.1) is 0 Å². The van der Waals surface area contributed by atoms with E-state index in [9.17, 15) is 13.6 Å². The molecule has 5 nitrogen and oxygen atoms in total. The van der Waals surface area contributed by atoms with Gasteiger partial charge in [-0.3, -0.25) is 9.79 Å². The lowest BCUT2D eigenvalue weighted by Crippen LogP contribution is -2.36. The average molecular weight is 346 g/mol. The van der Waals surface area contributed by atoms with E-state index in [1.165, 1.54) is 0 Å². The summed E-state index contributed by atoms with van der Waals surface area (Å²) in [6.45, 7) is 0.582. The normalized spacial score (nSPS) is 11.1. The number of carbonyl (C=O) groups excluding carboxylic acids is 1. The Kier molecular flexibility index (Phi) is 6.45. The van der Waals surface area contributed by atoms with Gasteiger partial charge in [-0.25, -0.2) is 8.78 Å². The quantitative estimate of drug-likeness (QED) is 0.574. The fraction of sp³-hybridized carbons (Fsp3) is 0.222. The summed E-state index contributed by atoms with van der Waals surface area (Å²) in [5, 5.41) is 8.57. The Hall–Kier alpha value is -2.96. The van der Waals surface area contributed by atoms with E-state index in [0.29, 0.717) is 18.1 Å². The molecule has 0 atom stereocenters. The lowest BCUT2D eigenvalue weighted by molar-refractivity contribution is 0.0963. The number of guanidine groups is 1. The van der Waals surface area contributed by atoms with E-state index in [4.69, 9.17) is 0 Å². The van der Waals surface area contributed by atoms with Crippen LogP contribution in [0.4, 0.5) is 8.78 Å². The molecule has 0 fully saturated rings. The lowest BCUT2D eigenvalue weighted by Gasteiger charge is -2.12. The van der Waals surface area contributed by atoms with Crippen molar-refractivity contribution < 1.29 is 13.6 Å². The molecule has 2 aromatic carbocycles. The predicted octanol–water partition coefficient (Wildman–Crippen LogP) is 2.19. The molecule has 1 amide bonds. The van der Waals surface area contributed by atoms with Crippen LogP contribution in [0.25, 0.3) is 0 Å². The third-order valence-electron chi connectivity index (χ3n) is 3.58. The fourth-order valence-electron chi connectivity index (χ4n) is 2.18. The van der Waals surface area contributed by atoms with Crippen molar-refractivity contribution in [2.45, 2.75) is 13.1 Å². The summed E-state index contributed by atoms with van der Waals surface area (Å²) in [5.41, 5.74) is 1.75. The van der Waals surface area contributed by atoms with Crippen LogP contribution in [0.15, 0.2) is 47.5 Å². The van der Waals surface area contributed by atoms with Gasteiger partial charge in [-0.2, -0.15) is 0 Å². The van der Waals surface area contributed by atoms with Crippen molar-refractivity contribution in [3.05, 3.63) is 70.8 Å². The number of carbonyl (C=O) groups is 1. The SMILES string of the molecule is CN=C(NCc1ccc(C(=O)NC)cc1)NCc1cc(F)ccc1F. The van der Waals surface area contributed by atoms with Gasteiger partial charge in [0, 0.05) is 38.3 Å². The first-order chi connectivity index (χ1) is 12.0. The highest BCUT2D eigenvalue weighted by Gasteiger charge is 2.06. The van der Waals surface area contributed by atoms with Crippen LogP contribution in [0, 0.1) is 11.6 Å². The standard InChI is InChI=1S/C18H20F2N4O/c1-21-17(25)13-5-3-12(4-6-13)10-23-18(22-2)24-11-14-9-15(19)7-8-16(14)20/h3-9H,10-11H2,1-2H3,(H,21,25)(H2,22,23,24). The monoisotopic (exact) mass is 346 g/mol. The van der Waals surface area contributed by atoms with Crippen molar-refractivity contribution in [3.8, 4) is 0 Å². The maximum Gasteiger partial charge on any atom is 0.251 e. The minimum absolute atomic E-state index is 0.110. The molecule has 3 N–H and O–H groups in total. The minimum Gasteiger partial charge on any atom is -0.355 e. The molecular formula is C18H20F2N4O. The molecule has 0 spiro atoms. The number of hydrogen-bond acceptors (Lipinski definition) is 2. The van der Waals surface area contributed by atoms with Gasteiger partial charge < -0.3 is 16.0 Å². The van der Waals surface area contributed by atoms with Crippen LogP contribution >= 0.6 is 0 Å². The maximum absolute atomic E-state index is 13.6. The highest BCUT2D eigenvalue weighted by atomic mass is 19.1. The summed E-state index contributed by atoms with van der Waals surface area (Å²) in [6, 6.07) is 10.4. The molecule has 0 unspecified atom stereocenters. The first kappa shape index (κ1) is 18.4. The molecular weight excluding hydrogens is 326 g/mol. The van der Waals surface area contributed by atoms with Gasteiger partial charge in [0.15, 0.2) is 5.96 Å². The Morgan fingerprint density at radius 3 is 2.36 bits per heavy atom. The van der Waals surface area contributed by atoms with Crippen molar-refractivity contribution in [1.82, 2.24) is 16.0 Å². The molecule has 2 aromatic rings.